The van der Waals surface area contributed by atoms with Crippen LogP contribution in [0.2, 0.25) is 0 Å². The summed E-state index contributed by atoms with van der Waals surface area (Å²) in [6.07, 6.45) is 10.8. The summed E-state index contributed by atoms with van der Waals surface area (Å²) in [6.45, 7) is 9.59. The van der Waals surface area contributed by atoms with Gasteiger partial charge in [-0.05, 0) is 55.7 Å². The van der Waals surface area contributed by atoms with E-state index in [0.717, 1.165) is 31.2 Å². The number of likely N-dealkylation sites (tertiary alicyclic amines) is 1. The summed E-state index contributed by atoms with van der Waals surface area (Å²) in [5.74, 6) is -0.720. The summed E-state index contributed by atoms with van der Waals surface area (Å²) >= 11 is 0. The molecule has 0 saturated carbocycles. The molecule has 1 N–H and O–H groups in total. The third-order valence-corrected chi connectivity index (χ3v) is 5.20. The summed E-state index contributed by atoms with van der Waals surface area (Å²) in [7, 11) is 0. The van der Waals surface area contributed by atoms with Crippen molar-refractivity contribution < 1.29 is 14.7 Å². The first-order valence-corrected chi connectivity index (χ1v) is 10.1. The van der Waals surface area contributed by atoms with Gasteiger partial charge in [-0.1, -0.05) is 56.7 Å². The fourth-order valence-corrected chi connectivity index (χ4v) is 3.31. The Morgan fingerprint density at radius 1 is 1.25 bits per heavy atom. The molecule has 0 aromatic heterocycles. The van der Waals surface area contributed by atoms with Gasteiger partial charge in [-0.2, -0.15) is 0 Å². The van der Waals surface area contributed by atoms with Crippen LogP contribution in [0.1, 0.15) is 69.3 Å². The Labute approximate surface area is 168 Å². The molecule has 152 valence electrons. The van der Waals surface area contributed by atoms with Crippen LogP contribution in [0, 0.1) is 5.41 Å². The number of hydrogen-bond donors (Lipinski definition) is 1. The van der Waals surface area contributed by atoms with Crippen molar-refractivity contribution in [3.05, 3.63) is 59.2 Å². The van der Waals surface area contributed by atoms with E-state index in [-0.39, 0.29) is 17.5 Å². The third kappa shape index (κ3) is 6.99. The molecule has 1 aromatic rings. The van der Waals surface area contributed by atoms with Crippen molar-refractivity contribution in [1.82, 2.24) is 4.90 Å². The second-order valence-corrected chi connectivity index (χ2v) is 8.90. The number of carboxylic acid groups (broad SMARTS) is 1. The summed E-state index contributed by atoms with van der Waals surface area (Å²) in [4.78, 5) is 25.1. The molecular weight excluding hydrogens is 350 g/mol. The first kappa shape index (κ1) is 21.9. The van der Waals surface area contributed by atoms with Crippen molar-refractivity contribution in [2.75, 3.05) is 6.54 Å². The first-order valence-electron chi connectivity index (χ1n) is 10.1. The van der Waals surface area contributed by atoms with E-state index in [1.54, 1.807) is 12.1 Å². The highest BCUT2D eigenvalue weighted by Crippen LogP contribution is 2.24. The lowest BCUT2D eigenvalue weighted by Gasteiger charge is -2.22. The minimum absolute atomic E-state index is 0.150. The van der Waals surface area contributed by atoms with Gasteiger partial charge in [0.05, 0.1) is 11.6 Å². The van der Waals surface area contributed by atoms with Gasteiger partial charge in [-0.15, -0.1) is 0 Å². The third-order valence-electron chi connectivity index (χ3n) is 5.20. The van der Waals surface area contributed by atoms with Crippen molar-refractivity contribution >= 4 is 11.9 Å². The molecule has 0 radical (unpaired) electrons. The molecule has 4 nitrogen and oxygen atoms in total. The number of amides is 1. The van der Waals surface area contributed by atoms with Gasteiger partial charge in [-0.25, -0.2) is 4.79 Å². The maximum Gasteiger partial charge on any atom is 0.335 e. The topological polar surface area (TPSA) is 57.6 Å². The van der Waals surface area contributed by atoms with Crippen molar-refractivity contribution in [2.24, 2.45) is 5.41 Å². The first-order chi connectivity index (χ1) is 13.2. The molecule has 0 spiro atoms. The Morgan fingerprint density at radius 3 is 2.54 bits per heavy atom. The van der Waals surface area contributed by atoms with Crippen LogP contribution in [-0.4, -0.2) is 34.5 Å². The lowest BCUT2D eigenvalue weighted by molar-refractivity contribution is -0.128. The van der Waals surface area contributed by atoms with Crippen LogP contribution in [0.15, 0.2) is 48.1 Å². The molecule has 1 aromatic carbocycles. The monoisotopic (exact) mass is 383 g/mol. The zero-order valence-corrected chi connectivity index (χ0v) is 17.6. The summed E-state index contributed by atoms with van der Waals surface area (Å²) < 4.78 is 0. The molecule has 0 unspecified atom stereocenters. The van der Waals surface area contributed by atoms with E-state index in [4.69, 9.17) is 5.11 Å². The number of nitrogens with zero attached hydrogens (tertiary/aromatic N) is 1. The van der Waals surface area contributed by atoms with Crippen LogP contribution in [0.3, 0.4) is 0 Å². The fraction of sp³-hybridized carbons (Fsp3) is 0.500. The molecule has 4 heteroatoms. The molecule has 0 bridgehead atoms. The molecular formula is C24H33NO3. The molecule has 0 aliphatic carbocycles. The van der Waals surface area contributed by atoms with E-state index in [1.165, 1.54) is 5.57 Å². The van der Waals surface area contributed by atoms with E-state index >= 15 is 0 Å². The predicted octanol–water partition coefficient (Wildman–Crippen LogP) is 5.25. The molecule has 1 atom stereocenters. The van der Waals surface area contributed by atoms with Gasteiger partial charge in [0, 0.05) is 13.0 Å². The Balaban J connectivity index is 1.90. The Morgan fingerprint density at radius 2 is 1.93 bits per heavy atom. The predicted molar refractivity (Wildman–Crippen MR) is 113 cm³/mol. The van der Waals surface area contributed by atoms with E-state index in [0.29, 0.717) is 18.4 Å². The van der Waals surface area contributed by atoms with Crippen LogP contribution in [0.4, 0.5) is 0 Å². The van der Waals surface area contributed by atoms with Crippen molar-refractivity contribution in [3.63, 3.8) is 0 Å². The number of carbonyl (C=O) groups is 2. The standard InChI is InChI=1S/C24H33NO3/c1-18(14-16-24(2,3)4)6-5-7-21-12-13-22(26)25(21)17-15-19-8-10-20(11-9-19)23(27)28/h5-11,21H,12-17H2,1-4H3,(H,27,28)/t21-/m0/s1. The molecule has 1 heterocycles. The zero-order valence-electron chi connectivity index (χ0n) is 17.6. The molecule has 2 rings (SSSR count). The number of allylic oxidation sites excluding steroid dienone is 3. The molecule has 1 fully saturated rings. The SMILES string of the molecule is CC(=CC=C[C@H]1CCC(=O)N1CCc1ccc(C(=O)O)cc1)CCC(C)(C)C. The second kappa shape index (κ2) is 9.72. The average molecular weight is 384 g/mol. The van der Waals surface area contributed by atoms with Gasteiger partial charge in [0.2, 0.25) is 5.91 Å². The number of carboxylic acids is 1. The maximum absolute atomic E-state index is 12.3. The summed E-state index contributed by atoms with van der Waals surface area (Å²) in [5.41, 5.74) is 3.04. The summed E-state index contributed by atoms with van der Waals surface area (Å²) in [6, 6.07) is 7.04. The minimum Gasteiger partial charge on any atom is -0.478 e. The molecule has 1 amide bonds. The number of hydrogen-bond acceptors (Lipinski definition) is 2. The number of aromatic carboxylic acids is 1. The van der Waals surface area contributed by atoms with Crippen molar-refractivity contribution in [1.29, 1.82) is 0 Å². The van der Waals surface area contributed by atoms with Gasteiger partial charge in [0.15, 0.2) is 0 Å². The highest BCUT2D eigenvalue weighted by Gasteiger charge is 2.28. The number of rotatable bonds is 8. The number of benzene rings is 1. The second-order valence-electron chi connectivity index (χ2n) is 8.90. The van der Waals surface area contributed by atoms with Crippen LogP contribution >= 0.6 is 0 Å². The van der Waals surface area contributed by atoms with Crippen LogP contribution < -0.4 is 0 Å². The van der Waals surface area contributed by atoms with Gasteiger partial charge < -0.3 is 10.0 Å². The zero-order chi connectivity index (χ0) is 20.7. The smallest absolute Gasteiger partial charge is 0.335 e. The van der Waals surface area contributed by atoms with E-state index in [1.807, 2.05) is 17.0 Å². The fourth-order valence-electron chi connectivity index (χ4n) is 3.31. The largest absolute Gasteiger partial charge is 0.478 e. The van der Waals surface area contributed by atoms with Crippen LogP contribution in [0.25, 0.3) is 0 Å². The molecule has 1 aliphatic rings. The Hall–Kier alpha value is -2.36. The lowest BCUT2D eigenvalue weighted by Crippen LogP contribution is -2.33. The maximum atomic E-state index is 12.3. The quantitative estimate of drug-likeness (QED) is 0.624. The lowest BCUT2D eigenvalue weighted by atomic mass is 9.89. The van der Waals surface area contributed by atoms with Crippen LogP contribution in [0.5, 0.6) is 0 Å². The normalized spacial score (nSPS) is 18.3. The average Bonchev–Trinajstić information content (AvgIpc) is 2.98. The van der Waals surface area contributed by atoms with Gasteiger partial charge >= 0.3 is 5.97 Å². The summed E-state index contributed by atoms with van der Waals surface area (Å²) in [5, 5.41) is 8.98. The Bertz CT molecular complexity index is 738. The molecule has 1 aliphatic heterocycles. The van der Waals surface area contributed by atoms with E-state index in [9.17, 15) is 9.59 Å². The number of carbonyl (C=O) groups excluding carboxylic acids is 1. The van der Waals surface area contributed by atoms with Crippen molar-refractivity contribution in [3.8, 4) is 0 Å². The Kier molecular flexibility index (Phi) is 7.61. The minimum atomic E-state index is -0.919. The van der Waals surface area contributed by atoms with Gasteiger partial charge in [-0.3, -0.25) is 4.79 Å². The van der Waals surface area contributed by atoms with Gasteiger partial charge in [0.25, 0.3) is 0 Å². The highest BCUT2D eigenvalue weighted by molar-refractivity contribution is 5.87. The highest BCUT2D eigenvalue weighted by atomic mass is 16.4. The molecule has 28 heavy (non-hydrogen) atoms. The van der Waals surface area contributed by atoms with E-state index in [2.05, 4.69) is 45.9 Å². The van der Waals surface area contributed by atoms with E-state index < -0.39 is 5.97 Å². The van der Waals surface area contributed by atoms with Crippen LogP contribution in [-0.2, 0) is 11.2 Å². The molecule has 1 saturated heterocycles. The van der Waals surface area contributed by atoms with Gasteiger partial charge in [0.1, 0.15) is 0 Å². The van der Waals surface area contributed by atoms with Crippen molar-refractivity contribution in [2.45, 2.75) is 65.8 Å².